The molecule has 0 N–H and O–H groups in total. The molecule has 17 heavy (non-hydrogen) atoms. The molecular weight excluding hydrogens is 220 g/mol. The van der Waals surface area contributed by atoms with Crippen molar-refractivity contribution in [3.8, 4) is 0 Å². The molecule has 4 nitrogen and oxygen atoms in total. The molecular formula is C13H16O4. The fourth-order valence-corrected chi connectivity index (χ4v) is 3.70. The third-order valence-electron chi connectivity index (χ3n) is 4.45. The summed E-state index contributed by atoms with van der Waals surface area (Å²) in [6, 6.07) is 0. The van der Waals surface area contributed by atoms with E-state index in [0.29, 0.717) is 6.61 Å². The standard InChI is InChI=1S/C13H16O4/c1-8(14)17-11-5-6-13-7-16-12(15)10(13)4-2-3-9(11)13/h2-3,9-11H,4-7H2,1H3/t9-,10+,11-,13+/m0/s1. The van der Waals surface area contributed by atoms with Crippen LogP contribution in [0.5, 0.6) is 0 Å². The van der Waals surface area contributed by atoms with E-state index in [1.54, 1.807) is 0 Å². The van der Waals surface area contributed by atoms with E-state index in [1.165, 1.54) is 6.92 Å². The average Bonchev–Trinajstić information content (AvgIpc) is 2.80. The topological polar surface area (TPSA) is 52.6 Å². The number of esters is 2. The van der Waals surface area contributed by atoms with Crippen LogP contribution >= 0.6 is 0 Å². The van der Waals surface area contributed by atoms with E-state index in [0.717, 1.165) is 19.3 Å². The maximum atomic E-state index is 11.7. The Morgan fingerprint density at radius 2 is 2.41 bits per heavy atom. The fraction of sp³-hybridized carbons (Fsp3) is 0.692. The summed E-state index contributed by atoms with van der Waals surface area (Å²) in [6.07, 6.45) is 6.57. The number of carbonyl (C=O) groups is 2. The van der Waals surface area contributed by atoms with E-state index in [4.69, 9.17) is 9.47 Å². The number of carbonyl (C=O) groups excluding carboxylic acids is 2. The highest BCUT2D eigenvalue weighted by Crippen LogP contribution is 2.57. The van der Waals surface area contributed by atoms with Gasteiger partial charge in [0.15, 0.2) is 0 Å². The third kappa shape index (κ3) is 1.43. The maximum absolute atomic E-state index is 11.7. The van der Waals surface area contributed by atoms with Gasteiger partial charge in [0.25, 0.3) is 0 Å². The largest absolute Gasteiger partial charge is 0.465 e. The number of hydrogen-bond acceptors (Lipinski definition) is 4. The van der Waals surface area contributed by atoms with Crippen molar-refractivity contribution >= 4 is 11.9 Å². The summed E-state index contributed by atoms with van der Waals surface area (Å²) in [5.41, 5.74) is -0.105. The predicted octanol–water partition coefficient (Wildman–Crippen LogP) is 1.45. The van der Waals surface area contributed by atoms with E-state index >= 15 is 0 Å². The Morgan fingerprint density at radius 3 is 3.18 bits per heavy atom. The number of hydrogen-bond donors (Lipinski definition) is 0. The van der Waals surface area contributed by atoms with Crippen LogP contribution in [-0.4, -0.2) is 24.6 Å². The van der Waals surface area contributed by atoms with Crippen molar-refractivity contribution in [2.45, 2.75) is 32.3 Å². The second kappa shape index (κ2) is 3.59. The van der Waals surface area contributed by atoms with Crippen LogP contribution in [0.15, 0.2) is 12.2 Å². The van der Waals surface area contributed by atoms with Crippen molar-refractivity contribution in [3.63, 3.8) is 0 Å². The van der Waals surface area contributed by atoms with Gasteiger partial charge in [-0.1, -0.05) is 12.2 Å². The van der Waals surface area contributed by atoms with Crippen molar-refractivity contribution in [1.29, 1.82) is 0 Å². The number of ether oxygens (including phenoxy) is 2. The molecule has 0 radical (unpaired) electrons. The normalized spacial score (nSPS) is 42.9. The molecule has 1 saturated heterocycles. The molecule has 0 aromatic carbocycles. The lowest BCUT2D eigenvalue weighted by Crippen LogP contribution is -2.39. The first-order valence-corrected chi connectivity index (χ1v) is 6.14. The quantitative estimate of drug-likeness (QED) is 0.510. The molecule has 92 valence electrons. The molecule has 1 spiro atoms. The smallest absolute Gasteiger partial charge is 0.309 e. The predicted molar refractivity (Wildman–Crippen MR) is 58.9 cm³/mol. The Labute approximate surface area is 100.0 Å². The molecule has 4 heteroatoms. The van der Waals surface area contributed by atoms with Gasteiger partial charge in [0.05, 0.1) is 12.5 Å². The number of allylic oxidation sites excluding steroid dienone is 1. The second-order valence-electron chi connectivity index (χ2n) is 5.27. The minimum atomic E-state index is -0.243. The molecule has 0 aromatic rings. The highest BCUT2D eigenvalue weighted by Gasteiger charge is 2.60. The van der Waals surface area contributed by atoms with E-state index in [1.807, 2.05) is 6.08 Å². The van der Waals surface area contributed by atoms with E-state index in [2.05, 4.69) is 6.08 Å². The Balaban J connectivity index is 1.90. The van der Waals surface area contributed by atoms with E-state index < -0.39 is 0 Å². The van der Waals surface area contributed by atoms with Crippen molar-refractivity contribution in [2.24, 2.45) is 17.3 Å². The van der Waals surface area contributed by atoms with Gasteiger partial charge in [-0.15, -0.1) is 0 Å². The number of cyclic esters (lactones) is 1. The first-order chi connectivity index (χ1) is 8.13. The molecule has 4 atom stereocenters. The van der Waals surface area contributed by atoms with Crippen molar-refractivity contribution in [1.82, 2.24) is 0 Å². The minimum absolute atomic E-state index is 0.0296. The molecule has 1 heterocycles. The van der Waals surface area contributed by atoms with Gasteiger partial charge in [-0.3, -0.25) is 9.59 Å². The average molecular weight is 236 g/mol. The summed E-state index contributed by atoms with van der Waals surface area (Å²) in [5, 5.41) is 0. The monoisotopic (exact) mass is 236 g/mol. The molecule has 0 bridgehead atoms. The first-order valence-electron chi connectivity index (χ1n) is 6.14. The molecule has 1 saturated carbocycles. The van der Waals surface area contributed by atoms with E-state index in [9.17, 15) is 9.59 Å². The molecule has 1 aliphatic heterocycles. The highest BCUT2D eigenvalue weighted by molar-refractivity contribution is 5.76. The number of rotatable bonds is 1. The van der Waals surface area contributed by atoms with Gasteiger partial charge >= 0.3 is 11.9 Å². The van der Waals surface area contributed by atoms with Gasteiger partial charge in [-0.2, -0.15) is 0 Å². The fourth-order valence-electron chi connectivity index (χ4n) is 3.70. The van der Waals surface area contributed by atoms with Gasteiger partial charge < -0.3 is 9.47 Å². The van der Waals surface area contributed by atoms with Crippen LogP contribution in [0.2, 0.25) is 0 Å². The molecule has 2 aliphatic carbocycles. The zero-order valence-corrected chi connectivity index (χ0v) is 9.85. The SMILES string of the molecule is CC(=O)O[C@H]1CC[C@]23COC(=O)[C@H]2CC=C[C@@H]13. The van der Waals surface area contributed by atoms with Gasteiger partial charge in [-0.25, -0.2) is 0 Å². The van der Waals surface area contributed by atoms with Gasteiger partial charge in [0, 0.05) is 18.3 Å². The molecule has 0 amide bonds. The lowest BCUT2D eigenvalue weighted by molar-refractivity contribution is -0.148. The summed E-state index contributed by atoms with van der Waals surface area (Å²) in [4.78, 5) is 22.8. The first kappa shape index (κ1) is 10.8. The molecule has 0 unspecified atom stereocenters. The van der Waals surface area contributed by atoms with Crippen molar-refractivity contribution < 1.29 is 19.1 Å². The van der Waals surface area contributed by atoms with Crippen LogP contribution in [0.4, 0.5) is 0 Å². The lowest BCUT2D eigenvalue weighted by Gasteiger charge is -2.36. The highest BCUT2D eigenvalue weighted by atomic mass is 16.6. The van der Waals surface area contributed by atoms with Gasteiger partial charge in [0.2, 0.25) is 0 Å². The Morgan fingerprint density at radius 1 is 1.59 bits per heavy atom. The van der Waals surface area contributed by atoms with Gasteiger partial charge in [0.1, 0.15) is 6.10 Å². The van der Waals surface area contributed by atoms with Crippen LogP contribution < -0.4 is 0 Å². The molecule has 3 rings (SSSR count). The zero-order chi connectivity index (χ0) is 12.0. The Kier molecular flexibility index (Phi) is 2.28. The summed E-state index contributed by atoms with van der Waals surface area (Å²) >= 11 is 0. The van der Waals surface area contributed by atoms with Crippen LogP contribution in [-0.2, 0) is 19.1 Å². The third-order valence-corrected chi connectivity index (χ3v) is 4.45. The molecule has 3 aliphatic rings. The van der Waals surface area contributed by atoms with Crippen molar-refractivity contribution in [3.05, 3.63) is 12.2 Å². The summed E-state index contributed by atoms with van der Waals surface area (Å²) in [7, 11) is 0. The zero-order valence-electron chi connectivity index (χ0n) is 9.85. The Hall–Kier alpha value is -1.32. The molecule has 0 aromatic heterocycles. The maximum Gasteiger partial charge on any atom is 0.309 e. The van der Waals surface area contributed by atoms with Crippen LogP contribution in [0.25, 0.3) is 0 Å². The van der Waals surface area contributed by atoms with Crippen LogP contribution in [0.3, 0.4) is 0 Å². The Bertz CT molecular complexity index is 400. The lowest BCUT2D eigenvalue weighted by atomic mass is 9.66. The molecule has 2 fully saturated rings. The second-order valence-corrected chi connectivity index (χ2v) is 5.27. The summed E-state index contributed by atoms with van der Waals surface area (Å²) in [5.74, 6) is -0.203. The van der Waals surface area contributed by atoms with Crippen LogP contribution in [0, 0.1) is 17.3 Å². The van der Waals surface area contributed by atoms with Gasteiger partial charge in [-0.05, 0) is 19.3 Å². The van der Waals surface area contributed by atoms with Crippen LogP contribution in [0.1, 0.15) is 26.2 Å². The minimum Gasteiger partial charge on any atom is -0.465 e. The summed E-state index contributed by atoms with van der Waals surface area (Å²) in [6.45, 7) is 1.93. The van der Waals surface area contributed by atoms with Crippen molar-refractivity contribution in [2.75, 3.05) is 6.61 Å². The van der Waals surface area contributed by atoms with E-state index in [-0.39, 0.29) is 35.3 Å². The summed E-state index contributed by atoms with van der Waals surface area (Å²) < 4.78 is 10.6.